The summed E-state index contributed by atoms with van der Waals surface area (Å²) in [6.45, 7) is 3.78. The van der Waals surface area contributed by atoms with Gasteiger partial charge in [0.2, 0.25) is 0 Å². The van der Waals surface area contributed by atoms with Crippen LogP contribution in [0, 0.1) is 0 Å². The first-order valence-electron chi connectivity index (χ1n) is 8.15. The number of fused-ring (bicyclic) bond motifs is 1. The Bertz CT molecular complexity index is 662. The zero-order chi connectivity index (χ0) is 15.5. The second-order valence-electron chi connectivity index (χ2n) is 6.07. The number of carbonyl (C=O) groups excluding carboxylic acids is 1. The number of hydrogen-bond donors (Lipinski definition) is 1. The lowest BCUT2D eigenvalue weighted by Crippen LogP contribution is -2.42. The van der Waals surface area contributed by atoms with Crippen LogP contribution in [0.25, 0.3) is 10.9 Å². The lowest BCUT2D eigenvalue weighted by molar-refractivity contribution is 0.0840. The van der Waals surface area contributed by atoms with Crippen molar-refractivity contribution in [2.24, 2.45) is 0 Å². The molecule has 1 saturated heterocycles. The summed E-state index contributed by atoms with van der Waals surface area (Å²) < 4.78 is 5.23. The normalized spacial score (nSPS) is 19.5. The van der Waals surface area contributed by atoms with Gasteiger partial charge in [-0.25, -0.2) is 0 Å². The highest BCUT2D eigenvalue weighted by Crippen LogP contribution is 2.25. The summed E-state index contributed by atoms with van der Waals surface area (Å²) in [7, 11) is 1.65. The Morgan fingerprint density at radius 1 is 1.41 bits per heavy atom. The second kappa shape index (κ2) is 6.53. The largest absolute Gasteiger partial charge is 0.497 e. The van der Waals surface area contributed by atoms with Gasteiger partial charge >= 0.3 is 0 Å². The van der Waals surface area contributed by atoms with Gasteiger partial charge in [0.15, 0.2) is 5.78 Å². The van der Waals surface area contributed by atoms with Crippen molar-refractivity contribution in [3.8, 4) is 5.75 Å². The van der Waals surface area contributed by atoms with Gasteiger partial charge in [-0.15, -0.1) is 0 Å². The van der Waals surface area contributed by atoms with Gasteiger partial charge in [0.05, 0.1) is 13.7 Å². The summed E-state index contributed by atoms with van der Waals surface area (Å²) in [6.07, 6.45) is 6.66. The quantitative estimate of drug-likeness (QED) is 0.858. The minimum atomic E-state index is 0.205. The Morgan fingerprint density at radius 3 is 3.05 bits per heavy atom. The van der Waals surface area contributed by atoms with Crippen LogP contribution >= 0.6 is 0 Å². The molecular formula is C18H24N2O2. The van der Waals surface area contributed by atoms with Crippen LogP contribution in [0.5, 0.6) is 5.75 Å². The average molecular weight is 300 g/mol. The van der Waals surface area contributed by atoms with Gasteiger partial charge in [-0.2, -0.15) is 0 Å². The minimum absolute atomic E-state index is 0.205. The number of nitrogens with one attached hydrogen (secondary N) is 1. The van der Waals surface area contributed by atoms with Gasteiger partial charge in [0.1, 0.15) is 5.75 Å². The van der Waals surface area contributed by atoms with Gasteiger partial charge < -0.3 is 9.72 Å². The molecule has 1 aliphatic heterocycles. The van der Waals surface area contributed by atoms with E-state index in [4.69, 9.17) is 4.74 Å². The maximum atomic E-state index is 12.7. The standard InChI is InChI=1S/C18H24N2O2/c1-3-13-6-4-5-9-20(13)12-18(21)16-11-19-17-10-14(22-2)7-8-15(16)17/h7-8,10-11,13,19H,3-6,9,12H2,1-2H3. The molecule has 0 saturated carbocycles. The molecule has 0 spiro atoms. The highest BCUT2D eigenvalue weighted by Gasteiger charge is 2.24. The molecular weight excluding hydrogens is 276 g/mol. The SMILES string of the molecule is CCC1CCCCN1CC(=O)c1c[nH]c2cc(OC)ccc12. The summed E-state index contributed by atoms with van der Waals surface area (Å²) in [4.78, 5) is 18.3. The third-order valence-corrected chi connectivity index (χ3v) is 4.76. The maximum Gasteiger partial charge on any atom is 0.178 e. The number of benzene rings is 1. The molecule has 1 aromatic heterocycles. The number of ketones is 1. The Morgan fingerprint density at radius 2 is 2.27 bits per heavy atom. The van der Waals surface area contributed by atoms with E-state index in [1.807, 2.05) is 24.4 Å². The number of ether oxygens (including phenoxy) is 1. The smallest absolute Gasteiger partial charge is 0.178 e. The molecule has 0 bridgehead atoms. The van der Waals surface area contributed by atoms with Gasteiger partial charge in [-0.3, -0.25) is 9.69 Å². The fourth-order valence-corrected chi connectivity index (χ4v) is 3.46. The van der Waals surface area contributed by atoms with E-state index in [2.05, 4.69) is 16.8 Å². The number of piperidine rings is 1. The van der Waals surface area contributed by atoms with Crippen LogP contribution in [0.3, 0.4) is 0 Å². The molecule has 0 aliphatic carbocycles. The van der Waals surface area contributed by atoms with Crippen molar-refractivity contribution in [1.29, 1.82) is 0 Å². The van der Waals surface area contributed by atoms with Gasteiger partial charge in [0.25, 0.3) is 0 Å². The summed E-state index contributed by atoms with van der Waals surface area (Å²) in [5.74, 6) is 1.01. The molecule has 2 heterocycles. The third-order valence-electron chi connectivity index (χ3n) is 4.76. The number of methoxy groups -OCH3 is 1. The molecule has 1 N–H and O–H groups in total. The Kier molecular flexibility index (Phi) is 4.48. The zero-order valence-electron chi connectivity index (χ0n) is 13.4. The van der Waals surface area contributed by atoms with E-state index in [0.29, 0.717) is 12.6 Å². The van der Waals surface area contributed by atoms with Gasteiger partial charge in [0, 0.05) is 34.8 Å². The number of carbonyl (C=O) groups is 1. The van der Waals surface area contributed by atoms with Crippen molar-refractivity contribution in [2.75, 3.05) is 20.2 Å². The highest BCUT2D eigenvalue weighted by atomic mass is 16.5. The number of rotatable bonds is 5. The van der Waals surface area contributed by atoms with Gasteiger partial charge in [-0.05, 0) is 37.9 Å². The molecule has 3 rings (SSSR count). The van der Waals surface area contributed by atoms with Crippen molar-refractivity contribution in [3.63, 3.8) is 0 Å². The Balaban J connectivity index is 1.80. The minimum Gasteiger partial charge on any atom is -0.497 e. The van der Waals surface area contributed by atoms with Crippen molar-refractivity contribution in [1.82, 2.24) is 9.88 Å². The number of likely N-dealkylation sites (tertiary alicyclic amines) is 1. The lowest BCUT2D eigenvalue weighted by atomic mass is 9.99. The molecule has 1 aliphatic rings. The number of aromatic nitrogens is 1. The topological polar surface area (TPSA) is 45.3 Å². The van der Waals surface area contributed by atoms with Crippen molar-refractivity contribution >= 4 is 16.7 Å². The zero-order valence-corrected chi connectivity index (χ0v) is 13.4. The van der Waals surface area contributed by atoms with Crippen LogP contribution in [-0.4, -0.2) is 41.9 Å². The predicted octanol–water partition coefficient (Wildman–Crippen LogP) is 3.62. The highest BCUT2D eigenvalue weighted by molar-refractivity contribution is 6.09. The molecule has 2 aromatic rings. The molecule has 4 nitrogen and oxygen atoms in total. The molecule has 1 unspecified atom stereocenters. The maximum absolute atomic E-state index is 12.7. The lowest BCUT2D eigenvalue weighted by Gasteiger charge is -2.34. The van der Waals surface area contributed by atoms with Crippen molar-refractivity contribution < 1.29 is 9.53 Å². The fourth-order valence-electron chi connectivity index (χ4n) is 3.46. The van der Waals surface area contributed by atoms with Crippen molar-refractivity contribution in [2.45, 2.75) is 38.6 Å². The summed E-state index contributed by atoms with van der Waals surface area (Å²) in [5, 5.41) is 0.982. The molecule has 0 radical (unpaired) electrons. The van der Waals surface area contributed by atoms with Crippen molar-refractivity contribution in [3.05, 3.63) is 30.0 Å². The first-order valence-corrected chi connectivity index (χ1v) is 8.15. The number of hydrogen-bond acceptors (Lipinski definition) is 3. The predicted molar refractivity (Wildman–Crippen MR) is 88.7 cm³/mol. The molecule has 1 atom stereocenters. The fraction of sp³-hybridized carbons (Fsp3) is 0.500. The molecule has 4 heteroatoms. The van der Waals surface area contributed by atoms with E-state index in [1.165, 1.54) is 19.3 Å². The van der Waals surface area contributed by atoms with E-state index in [-0.39, 0.29) is 5.78 Å². The van der Waals surface area contributed by atoms with Crippen LogP contribution in [0.4, 0.5) is 0 Å². The number of aromatic amines is 1. The number of nitrogens with zero attached hydrogens (tertiary/aromatic N) is 1. The first-order chi connectivity index (χ1) is 10.7. The second-order valence-corrected chi connectivity index (χ2v) is 6.07. The van der Waals surface area contributed by atoms with E-state index >= 15 is 0 Å². The van der Waals surface area contributed by atoms with E-state index in [1.54, 1.807) is 7.11 Å². The number of H-pyrrole nitrogens is 1. The van der Waals surface area contributed by atoms with E-state index in [0.717, 1.165) is 35.2 Å². The molecule has 118 valence electrons. The first kappa shape index (κ1) is 15.1. The van der Waals surface area contributed by atoms with Crippen LogP contribution in [-0.2, 0) is 0 Å². The Hall–Kier alpha value is -1.81. The summed E-state index contributed by atoms with van der Waals surface area (Å²) in [5.41, 5.74) is 1.74. The van der Waals surface area contributed by atoms with Crippen LogP contribution < -0.4 is 4.74 Å². The molecule has 0 amide bonds. The monoisotopic (exact) mass is 300 g/mol. The number of Topliss-reactive ketones (excluding diaryl/α,β-unsaturated/α-hetero) is 1. The van der Waals surface area contributed by atoms with E-state index in [9.17, 15) is 4.79 Å². The Labute approximate surface area is 131 Å². The van der Waals surface area contributed by atoms with Crippen LogP contribution in [0.15, 0.2) is 24.4 Å². The van der Waals surface area contributed by atoms with Gasteiger partial charge in [-0.1, -0.05) is 13.3 Å². The molecule has 22 heavy (non-hydrogen) atoms. The molecule has 1 fully saturated rings. The summed E-state index contributed by atoms with van der Waals surface area (Å²) in [6, 6.07) is 6.36. The third kappa shape index (κ3) is 2.88. The summed E-state index contributed by atoms with van der Waals surface area (Å²) >= 11 is 0. The average Bonchev–Trinajstić information content (AvgIpc) is 2.98. The van der Waals surface area contributed by atoms with Crippen LogP contribution in [0.2, 0.25) is 0 Å². The van der Waals surface area contributed by atoms with Crippen LogP contribution in [0.1, 0.15) is 43.0 Å². The van der Waals surface area contributed by atoms with E-state index < -0.39 is 0 Å². The molecule has 1 aromatic carbocycles.